The molecule has 1 atom stereocenters. The molecule has 1 rings (SSSR count). The van der Waals surface area contributed by atoms with E-state index in [0.717, 1.165) is 0 Å². The number of carbonyl (C=O) groups is 2. The molecule has 1 aromatic carbocycles. The van der Waals surface area contributed by atoms with Gasteiger partial charge in [0.1, 0.15) is 5.78 Å². The predicted molar refractivity (Wildman–Crippen MR) is 58.3 cm³/mol. The molecule has 0 amide bonds. The standard InChI is InChI=1S/C12H14O4/c1-8(13)7-12(2,16)10-6-4-3-5-9(10)11(14)15/h3-6,16H,7H2,1-2H3,(H,14,15). The van der Waals surface area contributed by atoms with Crippen LogP contribution in [0.1, 0.15) is 36.2 Å². The van der Waals surface area contributed by atoms with Gasteiger partial charge in [-0.1, -0.05) is 18.2 Å². The SMILES string of the molecule is CC(=O)CC(C)(O)c1ccccc1C(=O)O. The topological polar surface area (TPSA) is 74.6 Å². The van der Waals surface area contributed by atoms with Crippen molar-refractivity contribution in [2.45, 2.75) is 25.9 Å². The molecule has 0 aliphatic carbocycles. The summed E-state index contributed by atoms with van der Waals surface area (Å²) in [6, 6.07) is 6.14. The summed E-state index contributed by atoms with van der Waals surface area (Å²) in [4.78, 5) is 22.0. The molecule has 0 saturated carbocycles. The van der Waals surface area contributed by atoms with Gasteiger partial charge in [0, 0.05) is 6.42 Å². The van der Waals surface area contributed by atoms with Gasteiger partial charge in [-0.25, -0.2) is 4.79 Å². The van der Waals surface area contributed by atoms with E-state index in [1.807, 2.05) is 0 Å². The highest BCUT2D eigenvalue weighted by molar-refractivity contribution is 5.90. The molecule has 0 heterocycles. The van der Waals surface area contributed by atoms with Crippen molar-refractivity contribution in [2.24, 2.45) is 0 Å². The molecule has 4 heteroatoms. The summed E-state index contributed by atoms with van der Waals surface area (Å²) >= 11 is 0. The van der Waals surface area contributed by atoms with E-state index >= 15 is 0 Å². The minimum atomic E-state index is -1.44. The van der Waals surface area contributed by atoms with Crippen LogP contribution in [-0.4, -0.2) is 22.0 Å². The number of benzene rings is 1. The third-order valence-electron chi connectivity index (χ3n) is 2.33. The van der Waals surface area contributed by atoms with Gasteiger partial charge in [-0.3, -0.25) is 4.79 Å². The van der Waals surface area contributed by atoms with E-state index in [4.69, 9.17) is 5.11 Å². The first-order valence-corrected chi connectivity index (χ1v) is 4.89. The minimum Gasteiger partial charge on any atom is -0.478 e. The van der Waals surface area contributed by atoms with Crippen molar-refractivity contribution in [1.29, 1.82) is 0 Å². The van der Waals surface area contributed by atoms with Crippen molar-refractivity contribution in [1.82, 2.24) is 0 Å². The van der Waals surface area contributed by atoms with E-state index in [1.54, 1.807) is 12.1 Å². The summed E-state index contributed by atoms with van der Waals surface area (Å²) in [6.07, 6.45) is -0.0999. The molecule has 1 aromatic rings. The summed E-state index contributed by atoms with van der Waals surface area (Å²) in [7, 11) is 0. The lowest BCUT2D eigenvalue weighted by Gasteiger charge is -2.24. The van der Waals surface area contributed by atoms with Crippen LogP contribution >= 0.6 is 0 Å². The highest BCUT2D eigenvalue weighted by Gasteiger charge is 2.29. The average molecular weight is 222 g/mol. The second kappa shape index (κ2) is 4.45. The van der Waals surface area contributed by atoms with E-state index < -0.39 is 11.6 Å². The highest BCUT2D eigenvalue weighted by atomic mass is 16.4. The van der Waals surface area contributed by atoms with Crippen LogP contribution in [0.4, 0.5) is 0 Å². The number of aromatic carboxylic acids is 1. The number of ketones is 1. The monoisotopic (exact) mass is 222 g/mol. The predicted octanol–water partition coefficient (Wildman–Crippen LogP) is 1.57. The van der Waals surface area contributed by atoms with E-state index in [2.05, 4.69) is 0 Å². The molecule has 2 N–H and O–H groups in total. The number of rotatable bonds is 4. The molecule has 16 heavy (non-hydrogen) atoms. The molecule has 0 aromatic heterocycles. The Morgan fingerprint density at radius 3 is 2.38 bits per heavy atom. The van der Waals surface area contributed by atoms with E-state index in [-0.39, 0.29) is 23.3 Å². The maximum atomic E-state index is 11.0. The van der Waals surface area contributed by atoms with Gasteiger partial charge < -0.3 is 10.2 Å². The van der Waals surface area contributed by atoms with Gasteiger partial charge in [-0.15, -0.1) is 0 Å². The number of aliphatic hydroxyl groups is 1. The number of hydrogen-bond acceptors (Lipinski definition) is 3. The maximum absolute atomic E-state index is 11.0. The van der Waals surface area contributed by atoms with Gasteiger partial charge in [0.15, 0.2) is 0 Å². The molecule has 0 saturated heterocycles. The fourth-order valence-electron chi connectivity index (χ4n) is 1.72. The first kappa shape index (κ1) is 12.4. The second-order valence-corrected chi connectivity index (χ2v) is 4.00. The summed E-state index contributed by atoms with van der Waals surface area (Å²) in [5.41, 5.74) is -1.16. The Labute approximate surface area is 93.5 Å². The Kier molecular flexibility index (Phi) is 3.44. The average Bonchev–Trinajstić information content (AvgIpc) is 2.15. The molecule has 1 unspecified atom stereocenters. The summed E-state index contributed by atoms with van der Waals surface area (Å²) < 4.78 is 0. The largest absolute Gasteiger partial charge is 0.478 e. The zero-order valence-electron chi connectivity index (χ0n) is 9.23. The van der Waals surface area contributed by atoms with Crippen LogP contribution in [0.25, 0.3) is 0 Å². The molecular formula is C12H14O4. The van der Waals surface area contributed by atoms with Crippen LogP contribution in [0.3, 0.4) is 0 Å². The molecule has 0 bridgehead atoms. The van der Waals surface area contributed by atoms with Gasteiger partial charge in [-0.05, 0) is 25.5 Å². The van der Waals surface area contributed by atoms with Gasteiger partial charge in [0.2, 0.25) is 0 Å². The Morgan fingerprint density at radius 2 is 1.88 bits per heavy atom. The maximum Gasteiger partial charge on any atom is 0.336 e. The Bertz CT molecular complexity index is 421. The number of carbonyl (C=O) groups excluding carboxylic acids is 1. The van der Waals surface area contributed by atoms with E-state index in [9.17, 15) is 14.7 Å². The van der Waals surface area contributed by atoms with Crippen molar-refractivity contribution < 1.29 is 19.8 Å². The number of carboxylic acids is 1. The number of carboxylic acid groups (broad SMARTS) is 1. The molecule has 0 fully saturated rings. The summed E-state index contributed by atoms with van der Waals surface area (Å²) in [5.74, 6) is -1.30. The third-order valence-corrected chi connectivity index (χ3v) is 2.33. The lowest BCUT2D eigenvalue weighted by Crippen LogP contribution is -2.26. The van der Waals surface area contributed by atoms with Crippen molar-refractivity contribution in [3.8, 4) is 0 Å². The molecule has 0 radical (unpaired) electrons. The van der Waals surface area contributed by atoms with Crippen LogP contribution in [0.5, 0.6) is 0 Å². The molecule has 86 valence electrons. The lowest BCUT2D eigenvalue weighted by atomic mass is 9.87. The zero-order chi connectivity index (χ0) is 12.3. The van der Waals surface area contributed by atoms with E-state index in [0.29, 0.717) is 0 Å². The Balaban J connectivity index is 3.21. The molecule has 0 aliphatic rings. The lowest BCUT2D eigenvalue weighted by molar-refractivity contribution is -0.121. The first-order chi connectivity index (χ1) is 7.34. The smallest absolute Gasteiger partial charge is 0.336 e. The van der Waals surface area contributed by atoms with Crippen LogP contribution in [0.15, 0.2) is 24.3 Å². The fraction of sp³-hybridized carbons (Fsp3) is 0.333. The fourth-order valence-corrected chi connectivity index (χ4v) is 1.72. The third kappa shape index (κ3) is 2.67. The van der Waals surface area contributed by atoms with Crippen LogP contribution in [0.2, 0.25) is 0 Å². The molecular weight excluding hydrogens is 208 g/mol. The van der Waals surface area contributed by atoms with Crippen LogP contribution < -0.4 is 0 Å². The number of Topliss-reactive ketones (excluding diaryl/α,β-unsaturated/α-hetero) is 1. The molecule has 4 nitrogen and oxygen atoms in total. The van der Waals surface area contributed by atoms with Crippen molar-refractivity contribution in [3.63, 3.8) is 0 Å². The number of hydrogen-bond donors (Lipinski definition) is 2. The van der Waals surface area contributed by atoms with Crippen molar-refractivity contribution in [2.75, 3.05) is 0 Å². The summed E-state index contributed by atoms with van der Waals surface area (Å²) in [5, 5.41) is 19.1. The quantitative estimate of drug-likeness (QED) is 0.810. The normalized spacial score (nSPS) is 14.2. The van der Waals surface area contributed by atoms with Crippen molar-refractivity contribution >= 4 is 11.8 Å². The van der Waals surface area contributed by atoms with Crippen LogP contribution in [0, 0.1) is 0 Å². The van der Waals surface area contributed by atoms with Gasteiger partial charge >= 0.3 is 5.97 Å². The second-order valence-electron chi connectivity index (χ2n) is 4.00. The Morgan fingerprint density at radius 1 is 1.31 bits per heavy atom. The molecule has 0 aliphatic heterocycles. The summed E-state index contributed by atoms with van der Waals surface area (Å²) in [6.45, 7) is 2.80. The van der Waals surface area contributed by atoms with Crippen LogP contribution in [-0.2, 0) is 10.4 Å². The first-order valence-electron chi connectivity index (χ1n) is 4.89. The van der Waals surface area contributed by atoms with Crippen molar-refractivity contribution in [3.05, 3.63) is 35.4 Å². The zero-order valence-corrected chi connectivity index (χ0v) is 9.23. The minimum absolute atomic E-state index is 0.0220. The highest BCUT2D eigenvalue weighted by Crippen LogP contribution is 2.27. The van der Waals surface area contributed by atoms with Gasteiger partial charge in [0.05, 0.1) is 11.2 Å². The van der Waals surface area contributed by atoms with Gasteiger partial charge in [-0.2, -0.15) is 0 Å². The Hall–Kier alpha value is -1.68. The molecule has 0 spiro atoms. The van der Waals surface area contributed by atoms with E-state index in [1.165, 1.54) is 26.0 Å². The van der Waals surface area contributed by atoms with Gasteiger partial charge in [0.25, 0.3) is 0 Å².